The smallest absolute Gasteiger partial charge is 0.340 e. The van der Waals surface area contributed by atoms with Crippen molar-refractivity contribution in [2.75, 3.05) is 46.8 Å². The first kappa shape index (κ1) is 116. The second-order valence-corrected chi connectivity index (χ2v) is 36.7. The molecule has 1 aliphatic carbocycles. The summed E-state index contributed by atoms with van der Waals surface area (Å²) in [6.45, 7) is 11.3. The van der Waals surface area contributed by atoms with Crippen LogP contribution in [0, 0.1) is 23.7 Å². The Bertz CT molecular complexity index is 6060. The van der Waals surface area contributed by atoms with Crippen LogP contribution in [0.25, 0.3) is 33.4 Å². The van der Waals surface area contributed by atoms with Gasteiger partial charge in [-0.1, -0.05) is 120 Å². The minimum absolute atomic E-state index is 0. The van der Waals surface area contributed by atoms with Crippen LogP contribution >= 0.6 is 12.4 Å². The molecule has 1 spiro atoms. The van der Waals surface area contributed by atoms with E-state index in [1.54, 1.807) is 48.5 Å². The van der Waals surface area contributed by atoms with E-state index in [9.17, 15) is 102 Å². The van der Waals surface area contributed by atoms with Gasteiger partial charge in [0, 0.05) is 148 Å². The molecule has 3 aliphatic heterocycles. The number of nitrogens with two attached hydrogens (primary N) is 1. The van der Waals surface area contributed by atoms with Crippen molar-refractivity contribution in [1.29, 1.82) is 0 Å². The lowest BCUT2D eigenvalue weighted by Crippen LogP contribution is -2.51. The van der Waals surface area contributed by atoms with Gasteiger partial charge in [0.05, 0.1) is 36.3 Å². The van der Waals surface area contributed by atoms with Crippen molar-refractivity contribution in [2.45, 2.75) is 213 Å². The summed E-state index contributed by atoms with van der Waals surface area (Å²) in [5, 5.41) is 67.6. The molecule has 11 rings (SSSR count). The SMILES string of the molecule is CNC(=O)[C@@H](CC(=O)[C@H](CCCCNC(C)=O)NC(=O)CNC(=O)[C@H](CC(C)C)NC(=O)CCCCCCC(=O)c1ccc(-c2c3ccc(=O)cc-3oc3cc(O)ccc23)c(C(=O)O)c1)Cc1ccccc1.CNC(=O)[C@@H](CC(=O)[C@H](CCCCNC(C)=O)NC(=O)CNC(=O)[C@H](CC(C)C)NC(=O)CCCCCN)Cc1ccccc1.Cl.O=COc1ccc2c(c1)C(=O)OC21c2ccc(O)cc2Oc2cc(O)ccc21. The summed E-state index contributed by atoms with van der Waals surface area (Å²) in [5.74, 6) is -6.75. The van der Waals surface area contributed by atoms with E-state index >= 15 is 0 Å². The topological polar surface area (TPSA) is 558 Å². The Hall–Kier alpha value is -15.2. The van der Waals surface area contributed by atoms with Gasteiger partial charge in [0.25, 0.3) is 6.47 Å². The summed E-state index contributed by atoms with van der Waals surface area (Å²) in [5.41, 5.74) is 9.09. The number of hydrogen-bond acceptors (Lipinski definition) is 25. The fourth-order valence-corrected chi connectivity index (χ4v) is 17.4. The number of ether oxygens (including phenoxy) is 3. The quantitative estimate of drug-likeness (QED) is 0.00553. The Morgan fingerprint density at radius 2 is 0.932 bits per heavy atom. The fourth-order valence-electron chi connectivity index (χ4n) is 17.4. The van der Waals surface area contributed by atoms with Crippen molar-refractivity contribution in [2.24, 2.45) is 29.4 Å². The highest BCUT2D eigenvalue weighted by Crippen LogP contribution is 2.57. The van der Waals surface area contributed by atoms with Gasteiger partial charge in [0.2, 0.25) is 59.1 Å². The summed E-state index contributed by atoms with van der Waals surface area (Å²) in [6, 6.07) is 41.9. The van der Waals surface area contributed by atoms with Crippen LogP contribution < -0.4 is 73.8 Å². The van der Waals surface area contributed by atoms with Crippen LogP contribution in [0.15, 0.2) is 179 Å². The third kappa shape index (κ3) is 34.8. The van der Waals surface area contributed by atoms with Crippen LogP contribution in [0.1, 0.15) is 229 Å². The van der Waals surface area contributed by atoms with Crippen molar-refractivity contribution >= 4 is 118 Å². The first-order chi connectivity index (χ1) is 69.4. The number of hydrogen-bond donors (Lipinski definition) is 15. The Labute approximate surface area is 852 Å². The van der Waals surface area contributed by atoms with Crippen molar-refractivity contribution in [3.05, 3.63) is 225 Å². The third-order valence-corrected chi connectivity index (χ3v) is 24.5. The van der Waals surface area contributed by atoms with Crippen molar-refractivity contribution in [3.63, 3.8) is 0 Å². The minimum atomic E-state index is -1.32. The zero-order valence-electron chi connectivity index (χ0n) is 83.3. The minimum Gasteiger partial charge on any atom is -0.508 e. The average Bonchev–Trinajstić information content (AvgIpc) is 1.54. The van der Waals surface area contributed by atoms with Gasteiger partial charge in [-0.05, 0) is 198 Å². The van der Waals surface area contributed by atoms with Gasteiger partial charge in [-0.3, -0.25) is 71.9 Å². The molecule has 0 saturated heterocycles. The molecule has 3 heterocycles. The van der Waals surface area contributed by atoms with Gasteiger partial charge >= 0.3 is 11.9 Å². The average molecular weight is 2030 g/mol. The number of carbonyl (C=O) groups is 16. The Balaban J connectivity index is 0.000000296. The highest BCUT2D eigenvalue weighted by molar-refractivity contribution is 6.10. The predicted molar refractivity (Wildman–Crippen MR) is 547 cm³/mol. The van der Waals surface area contributed by atoms with Crippen LogP contribution in [0.5, 0.6) is 34.5 Å². The number of benzene rings is 8. The summed E-state index contributed by atoms with van der Waals surface area (Å²) in [6.07, 6.45) is 8.92. The van der Waals surface area contributed by atoms with Crippen LogP contribution in [-0.4, -0.2) is 186 Å². The standard InChI is InChI=1S/C55H65N5O12.C33H54N6O6.C21H12O7.ClH/c1-33(2)26-45(54(69)58-32-51(67)59-44(16-12-13-25-57-34(3)61)47(65)29-37(53(68)56-4)27-35-14-8-7-9-15-35)60-50(66)18-11-6-5-10-17-46(64)36-19-22-40(43(28-36)55(70)71)52-41-23-20-38(62)30-48(41)72-49-31-39(63)21-24-42(49)52;1-23(2)19-28(39-30(42)16-9-6-11-17-34)33(45)37-22-31(43)38-27(15-10-12-18-36-24(3)40)29(41)21-26(32(44)35-4)20-25-13-7-5-8-14-25;22-10-26-13-3-6-15-14(9-13)20(25)28-21(15)16-4-1-11(23)7-18(16)27-19-8-12(24)2-5-17(19)21;/h7-9,14-15,19-24,28,30-31,33,37,44-45,62H,5-6,10-13,16-18,25-27,29,32H2,1-4H3,(H,56,68)(H,57,61)(H,58,69)(H,59,67)(H,60,66)(H,70,71);5,7-8,13-14,23,26-28H,6,9-12,15-22,34H2,1-4H3,(H,35,44)(H,36,40)(H,37,45)(H,38,43)(H,39,42);1-10,23-24H;1H/t37-,44+,45+;26-,27+,28+;;/m11../s1. The van der Waals surface area contributed by atoms with Crippen molar-refractivity contribution in [3.8, 4) is 56.9 Å². The summed E-state index contributed by atoms with van der Waals surface area (Å²) in [4.78, 5) is 215. The molecule has 7 aromatic carbocycles. The molecule has 10 amide bonds. The first-order valence-corrected chi connectivity index (χ1v) is 48.8. The van der Waals surface area contributed by atoms with Gasteiger partial charge in [-0.15, -0.1) is 12.4 Å². The number of fused-ring (bicyclic) bond motifs is 8. The van der Waals surface area contributed by atoms with E-state index < -0.39 is 83.7 Å². The van der Waals surface area contributed by atoms with Crippen LogP contribution in [0.2, 0.25) is 0 Å². The Morgan fingerprint density at radius 1 is 0.466 bits per heavy atom. The van der Waals surface area contributed by atoms with Gasteiger partial charge in [-0.25, -0.2) is 9.59 Å². The number of phenolic OH excluding ortho intramolecular Hbond substituents is 3. The zero-order valence-corrected chi connectivity index (χ0v) is 84.1. The number of carboxylic acids is 1. The monoisotopic (exact) mass is 2030 g/mol. The maximum Gasteiger partial charge on any atom is 0.340 e. The van der Waals surface area contributed by atoms with E-state index in [1.807, 2.05) is 88.4 Å². The summed E-state index contributed by atoms with van der Waals surface area (Å²) in [7, 11) is 3.02. The molecule has 0 aromatic heterocycles. The van der Waals surface area contributed by atoms with E-state index in [2.05, 4.69) is 53.2 Å². The van der Waals surface area contributed by atoms with Crippen molar-refractivity contribution < 1.29 is 116 Å². The molecule has 0 radical (unpaired) electrons. The molecule has 4 aliphatic rings. The first-order valence-electron chi connectivity index (χ1n) is 48.8. The zero-order chi connectivity index (χ0) is 105. The van der Waals surface area contributed by atoms with Gasteiger partial charge in [0.15, 0.2) is 28.4 Å². The number of halogens is 1. The summed E-state index contributed by atoms with van der Waals surface area (Å²) < 4.78 is 22.5. The number of esters is 1. The number of ketones is 3. The highest BCUT2D eigenvalue weighted by Gasteiger charge is 2.54. The maximum absolute atomic E-state index is 13.7. The van der Waals surface area contributed by atoms with Gasteiger partial charge in [0.1, 0.15) is 57.9 Å². The molecule has 7 aromatic rings. The molecule has 146 heavy (non-hydrogen) atoms. The number of nitrogens with one attached hydrogen (secondary N) is 10. The lowest BCUT2D eigenvalue weighted by Gasteiger charge is -2.36. The van der Waals surface area contributed by atoms with Gasteiger partial charge < -0.3 is 98.0 Å². The van der Waals surface area contributed by atoms with Crippen LogP contribution in [-0.2, 0) is 85.5 Å². The predicted octanol–water partition coefficient (Wildman–Crippen LogP) is 11.6. The van der Waals surface area contributed by atoms with E-state index in [-0.39, 0.29) is 185 Å². The lowest BCUT2D eigenvalue weighted by molar-refractivity contribution is -0.132. The second-order valence-electron chi connectivity index (χ2n) is 36.7. The maximum atomic E-state index is 13.7. The van der Waals surface area contributed by atoms with E-state index in [0.717, 1.165) is 24.0 Å². The molecule has 37 heteroatoms. The molecule has 780 valence electrons. The van der Waals surface area contributed by atoms with E-state index in [4.69, 9.17) is 24.4 Å². The normalized spacial score (nSPS) is 13.0. The number of aromatic hydroxyl groups is 3. The van der Waals surface area contributed by atoms with Crippen molar-refractivity contribution in [1.82, 2.24) is 53.2 Å². The summed E-state index contributed by atoms with van der Waals surface area (Å²) >= 11 is 0. The molecular weight excluding hydrogens is 1900 g/mol. The number of unbranched alkanes of at least 4 members (excludes halogenated alkanes) is 7. The molecule has 0 bridgehead atoms. The number of phenols is 3. The molecule has 16 N–H and O–H groups in total. The molecule has 0 fully saturated rings. The molecular formula is C109H132ClN11O25. The lowest BCUT2D eigenvalue weighted by atomic mass is 9.77. The number of rotatable bonds is 53. The fraction of sp³-hybridized carbons (Fsp3) is 0.404. The van der Waals surface area contributed by atoms with E-state index in [1.165, 1.54) is 88.6 Å². The van der Waals surface area contributed by atoms with Crippen LogP contribution in [0.3, 0.4) is 0 Å². The number of Topliss-reactive ketones (excluding diaryl/α,β-unsaturated/α-hetero) is 3. The molecule has 0 saturated carbocycles. The second kappa shape index (κ2) is 57.9. The third-order valence-electron chi connectivity index (χ3n) is 24.5. The van der Waals surface area contributed by atoms with Gasteiger partial charge in [-0.2, -0.15) is 0 Å². The number of carboxylic acid groups (broad SMARTS) is 1. The van der Waals surface area contributed by atoms with E-state index in [0.29, 0.717) is 160 Å². The Morgan fingerprint density at radius 3 is 1.40 bits per heavy atom. The molecule has 6 atom stereocenters. The largest absolute Gasteiger partial charge is 0.508 e. The number of aromatic carboxylic acids is 1. The number of carbonyl (C=O) groups excluding carboxylic acids is 15. The number of amides is 10. The molecule has 36 nitrogen and oxygen atoms in total. The Kier molecular flexibility index (Phi) is 46.0. The van der Waals surface area contributed by atoms with Crippen LogP contribution in [0.4, 0.5) is 0 Å². The highest BCUT2D eigenvalue weighted by atomic mass is 35.5. The molecule has 0 unspecified atom stereocenters.